The van der Waals surface area contributed by atoms with Crippen molar-refractivity contribution < 1.29 is 16.8 Å². The predicted molar refractivity (Wildman–Crippen MR) is 104 cm³/mol. The molecule has 2 aliphatic rings. The number of para-hydroxylation sites is 1. The highest BCUT2D eigenvalue weighted by Crippen LogP contribution is 2.44. The van der Waals surface area contributed by atoms with Crippen LogP contribution in [0.4, 0.5) is 5.69 Å². The summed E-state index contributed by atoms with van der Waals surface area (Å²) in [6.07, 6.45) is 2.63. The lowest BCUT2D eigenvalue weighted by molar-refractivity contribution is 0.249. The number of hydrogen-bond acceptors (Lipinski definition) is 5. The van der Waals surface area contributed by atoms with Crippen molar-refractivity contribution in [3.05, 3.63) is 54.1 Å². The third kappa shape index (κ3) is 3.15. The summed E-state index contributed by atoms with van der Waals surface area (Å²) in [7, 11) is -6.98. The molecule has 4 rings (SSSR count). The standard InChI is InChI=1S/C19H22N2O4S2/c1-26(22,23)15-6-8-16(9-7-15)27(24,25)21-12-10-19(11-13-21)14-20-18-5-3-2-4-17(18)19/h2-9,20H,10-14H2,1H3. The van der Waals surface area contributed by atoms with Crippen LogP contribution in [0.3, 0.4) is 0 Å². The molecule has 0 aliphatic carbocycles. The fourth-order valence-electron chi connectivity index (χ4n) is 4.07. The van der Waals surface area contributed by atoms with E-state index >= 15 is 0 Å². The van der Waals surface area contributed by atoms with Crippen molar-refractivity contribution >= 4 is 25.5 Å². The zero-order valence-electron chi connectivity index (χ0n) is 15.1. The molecule has 2 aromatic rings. The molecule has 2 heterocycles. The number of piperidine rings is 1. The molecule has 1 spiro atoms. The van der Waals surface area contributed by atoms with Gasteiger partial charge < -0.3 is 5.32 Å². The molecule has 0 unspecified atom stereocenters. The second-order valence-corrected chi connectivity index (χ2v) is 11.3. The summed E-state index contributed by atoms with van der Waals surface area (Å²) in [6, 6.07) is 13.7. The number of sulfone groups is 1. The van der Waals surface area contributed by atoms with E-state index in [1.165, 1.54) is 34.1 Å². The summed E-state index contributed by atoms with van der Waals surface area (Å²) in [6.45, 7) is 1.74. The van der Waals surface area contributed by atoms with Gasteiger partial charge in [0.15, 0.2) is 9.84 Å². The average molecular weight is 407 g/mol. The van der Waals surface area contributed by atoms with Crippen LogP contribution in [-0.2, 0) is 25.3 Å². The first-order chi connectivity index (χ1) is 12.7. The molecule has 0 atom stereocenters. The number of fused-ring (bicyclic) bond motifs is 2. The van der Waals surface area contributed by atoms with Crippen LogP contribution in [0.25, 0.3) is 0 Å². The van der Waals surface area contributed by atoms with Gasteiger partial charge in [0, 0.05) is 37.0 Å². The Labute approximate surface area is 160 Å². The van der Waals surface area contributed by atoms with Crippen molar-refractivity contribution in [1.82, 2.24) is 4.31 Å². The molecule has 144 valence electrons. The number of hydrogen-bond donors (Lipinski definition) is 1. The molecule has 0 aromatic heterocycles. The van der Waals surface area contributed by atoms with Crippen LogP contribution in [-0.4, -0.2) is 47.0 Å². The van der Waals surface area contributed by atoms with E-state index in [-0.39, 0.29) is 15.2 Å². The fraction of sp³-hybridized carbons (Fsp3) is 0.368. The van der Waals surface area contributed by atoms with Gasteiger partial charge in [-0.1, -0.05) is 18.2 Å². The maximum Gasteiger partial charge on any atom is 0.243 e. The van der Waals surface area contributed by atoms with Crippen LogP contribution < -0.4 is 5.32 Å². The molecule has 0 radical (unpaired) electrons. The van der Waals surface area contributed by atoms with Gasteiger partial charge in [-0.05, 0) is 48.7 Å². The average Bonchev–Trinajstić information content (AvgIpc) is 3.00. The van der Waals surface area contributed by atoms with Crippen molar-refractivity contribution in [3.8, 4) is 0 Å². The molecule has 1 saturated heterocycles. The van der Waals surface area contributed by atoms with Gasteiger partial charge in [0.05, 0.1) is 9.79 Å². The molecule has 2 aromatic carbocycles. The van der Waals surface area contributed by atoms with E-state index in [1.54, 1.807) is 0 Å². The zero-order chi connectivity index (χ0) is 19.3. The van der Waals surface area contributed by atoms with Gasteiger partial charge in [-0.2, -0.15) is 4.31 Å². The highest BCUT2D eigenvalue weighted by atomic mass is 32.2. The van der Waals surface area contributed by atoms with E-state index < -0.39 is 19.9 Å². The van der Waals surface area contributed by atoms with Crippen molar-refractivity contribution in [2.45, 2.75) is 28.0 Å². The maximum absolute atomic E-state index is 13.0. The number of sulfonamides is 1. The molecular formula is C19H22N2O4S2. The van der Waals surface area contributed by atoms with Crippen molar-refractivity contribution in [1.29, 1.82) is 0 Å². The van der Waals surface area contributed by atoms with E-state index in [0.29, 0.717) is 13.1 Å². The van der Waals surface area contributed by atoms with Crippen LogP contribution in [0.1, 0.15) is 18.4 Å². The molecule has 8 heteroatoms. The Hall–Kier alpha value is -1.90. The minimum absolute atomic E-state index is 0.0112. The van der Waals surface area contributed by atoms with E-state index in [1.807, 2.05) is 12.1 Å². The van der Waals surface area contributed by atoms with Gasteiger partial charge in [-0.15, -0.1) is 0 Å². The number of rotatable bonds is 3. The van der Waals surface area contributed by atoms with Gasteiger partial charge >= 0.3 is 0 Å². The normalized spacial score (nSPS) is 19.6. The highest BCUT2D eigenvalue weighted by molar-refractivity contribution is 7.90. The molecule has 1 fully saturated rings. The quantitative estimate of drug-likeness (QED) is 0.845. The maximum atomic E-state index is 13.0. The predicted octanol–water partition coefficient (Wildman–Crippen LogP) is 2.24. The summed E-state index contributed by atoms with van der Waals surface area (Å²) in [4.78, 5) is 0.253. The van der Waals surface area contributed by atoms with E-state index in [2.05, 4.69) is 17.4 Å². The number of nitrogens with one attached hydrogen (secondary N) is 1. The molecule has 1 N–H and O–H groups in total. The first-order valence-corrected chi connectivity index (χ1v) is 12.2. The molecule has 27 heavy (non-hydrogen) atoms. The minimum atomic E-state index is -3.63. The third-order valence-electron chi connectivity index (χ3n) is 5.68. The van der Waals surface area contributed by atoms with Gasteiger partial charge in [0.25, 0.3) is 0 Å². The number of anilines is 1. The third-order valence-corrected chi connectivity index (χ3v) is 8.73. The number of nitrogens with zero attached hydrogens (tertiary/aromatic N) is 1. The second kappa shape index (κ2) is 6.32. The van der Waals surface area contributed by atoms with Crippen LogP contribution >= 0.6 is 0 Å². The smallest absolute Gasteiger partial charge is 0.243 e. The Balaban J connectivity index is 1.54. The monoisotopic (exact) mass is 406 g/mol. The first kappa shape index (κ1) is 18.5. The SMILES string of the molecule is CS(=O)(=O)c1ccc(S(=O)(=O)N2CCC3(CC2)CNc2ccccc23)cc1. The van der Waals surface area contributed by atoms with E-state index in [9.17, 15) is 16.8 Å². The van der Waals surface area contributed by atoms with Crippen molar-refractivity contribution in [2.75, 3.05) is 31.2 Å². The zero-order valence-corrected chi connectivity index (χ0v) is 16.7. The van der Waals surface area contributed by atoms with Crippen LogP contribution in [0.2, 0.25) is 0 Å². The van der Waals surface area contributed by atoms with Crippen molar-refractivity contribution in [3.63, 3.8) is 0 Å². The molecular weight excluding hydrogens is 384 g/mol. The van der Waals surface area contributed by atoms with Crippen molar-refractivity contribution in [2.24, 2.45) is 0 Å². The summed E-state index contributed by atoms with van der Waals surface area (Å²) in [5, 5.41) is 3.44. The Kier molecular flexibility index (Phi) is 4.32. The van der Waals surface area contributed by atoms with E-state index in [0.717, 1.165) is 31.3 Å². The van der Waals surface area contributed by atoms with E-state index in [4.69, 9.17) is 0 Å². The summed E-state index contributed by atoms with van der Waals surface area (Å²) < 4.78 is 50.6. The highest BCUT2D eigenvalue weighted by Gasteiger charge is 2.43. The molecule has 2 aliphatic heterocycles. The fourth-order valence-corrected chi connectivity index (χ4v) is 6.14. The van der Waals surface area contributed by atoms with Crippen LogP contribution in [0.15, 0.2) is 58.3 Å². The Morgan fingerprint density at radius 1 is 0.889 bits per heavy atom. The summed E-state index contributed by atoms with van der Waals surface area (Å²) >= 11 is 0. The Morgan fingerprint density at radius 3 is 2.11 bits per heavy atom. The lowest BCUT2D eigenvalue weighted by Gasteiger charge is -2.38. The Bertz CT molecular complexity index is 1070. The lowest BCUT2D eigenvalue weighted by Crippen LogP contribution is -2.46. The molecule has 0 bridgehead atoms. The van der Waals surface area contributed by atoms with Gasteiger partial charge in [0.2, 0.25) is 10.0 Å². The van der Waals surface area contributed by atoms with Gasteiger partial charge in [-0.3, -0.25) is 0 Å². The molecule has 0 amide bonds. The van der Waals surface area contributed by atoms with Crippen LogP contribution in [0, 0.1) is 0 Å². The van der Waals surface area contributed by atoms with Gasteiger partial charge in [-0.25, -0.2) is 16.8 Å². The first-order valence-electron chi connectivity index (χ1n) is 8.86. The van der Waals surface area contributed by atoms with Gasteiger partial charge in [0.1, 0.15) is 0 Å². The topological polar surface area (TPSA) is 83.5 Å². The number of benzene rings is 2. The summed E-state index contributed by atoms with van der Waals surface area (Å²) in [5.74, 6) is 0. The molecule has 0 saturated carbocycles. The summed E-state index contributed by atoms with van der Waals surface area (Å²) in [5.41, 5.74) is 2.41. The second-order valence-electron chi connectivity index (χ2n) is 7.33. The Morgan fingerprint density at radius 2 is 1.48 bits per heavy atom. The lowest BCUT2D eigenvalue weighted by atomic mass is 9.75. The minimum Gasteiger partial charge on any atom is -0.384 e. The largest absolute Gasteiger partial charge is 0.384 e. The molecule has 6 nitrogen and oxygen atoms in total. The van der Waals surface area contributed by atoms with Crippen LogP contribution in [0.5, 0.6) is 0 Å².